The van der Waals surface area contributed by atoms with Gasteiger partial charge >= 0.3 is 0 Å². The molecule has 1 N–H and O–H groups in total. The summed E-state index contributed by atoms with van der Waals surface area (Å²) in [4.78, 5) is 2.06. The summed E-state index contributed by atoms with van der Waals surface area (Å²) in [5.74, 6) is 0.256. The fraction of sp³-hybridized carbons (Fsp3) is 1.00. The van der Waals surface area contributed by atoms with Crippen LogP contribution in [0.15, 0.2) is 0 Å². The van der Waals surface area contributed by atoms with Crippen LogP contribution >= 0.6 is 0 Å². The predicted octanol–water partition coefficient (Wildman–Crippen LogP) is 0.353. The smallest absolute Gasteiger partial charge is 0.148 e. The van der Waals surface area contributed by atoms with Crippen LogP contribution in [-0.2, 0) is 9.84 Å². The molecule has 0 aromatic heterocycles. The van der Waals surface area contributed by atoms with Crippen LogP contribution in [0.1, 0.15) is 19.8 Å². The Hall–Kier alpha value is -0.130. The lowest BCUT2D eigenvalue weighted by atomic mass is 10.3. The molecule has 5 heteroatoms. The summed E-state index contributed by atoms with van der Waals surface area (Å²) in [6.45, 7) is 5.80. The Morgan fingerprint density at radius 1 is 1.20 bits per heavy atom. The van der Waals surface area contributed by atoms with Gasteiger partial charge in [0.2, 0.25) is 0 Å². The SMILES string of the molecule is CCCNCCCN(C)CCS(C)(=O)=O. The first kappa shape index (κ1) is 14.9. The minimum absolute atomic E-state index is 0.256. The molecular formula is C10H24N2O2S. The maximum absolute atomic E-state index is 10.9. The van der Waals surface area contributed by atoms with E-state index in [9.17, 15) is 8.42 Å². The summed E-state index contributed by atoms with van der Waals surface area (Å²) in [5.41, 5.74) is 0. The standard InChI is InChI=1S/C10H24N2O2S/c1-4-6-11-7-5-8-12(2)9-10-15(3,13)14/h11H,4-10H2,1-3H3. The Morgan fingerprint density at radius 3 is 2.40 bits per heavy atom. The van der Waals surface area contributed by atoms with Gasteiger partial charge in [-0.25, -0.2) is 8.42 Å². The Bertz CT molecular complexity index is 240. The van der Waals surface area contributed by atoms with Crippen LogP contribution in [0.2, 0.25) is 0 Å². The van der Waals surface area contributed by atoms with Crippen LogP contribution in [0.3, 0.4) is 0 Å². The minimum atomic E-state index is -2.82. The van der Waals surface area contributed by atoms with Gasteiger partial charge in [-0.15, -0.1) is 0 Å². The number of nitrogens with one attached hydrogen (secondary N) is 1. The Balaban J connectivity index is 3.37. The summed E-state index contributed by atoms with van der Waals surface area (Å²) in [6, 6.07) is 0. The third kappa shape index (κ3) is 11.8. The van der Waals surface area contributed by atoms with Crippen molar-refractivity contribution in [2.45, 2.75) is 19.8 Å². The van der Waals surface area contributed by atoms with Gasteiger partial charge in [-0.1, -0.05) is 6.92 Å². The summed E-state index contributed by atoms with van der Waals surface area (Å²) in [6.07, 6.45) is 3.51. The van der Waals surface area contributed by atoms with E-state index >= 15 is 0 Å². The molecule has 0 atom stereocenters. The molecule has 0 saturated carbocycles. The van der Waals surface area contributed by atoms with Gasteiger partial charge in [0.25, 0.3) is 0 Å². The van der Waals surface area contributed by atoms with Crippen molar-refractivity contribution in [1.82, 2.24) is 10.2 Å². The van der Waals surface area contributed by atoms with Crippen molar-refractivity contribution >= 4 is 9.84 Å². The van der Waals surface area contributed by atoms with E-state index in [4.69, 9.17) is 0 Å². The molecule has 0 aliphatic heterocycles. The molecule has 0 bridgehead atoms. The van der Waals surface area contributed by atoms with E-state index < -0.39 is 9.84 Å². The van der Waals surface area contributed by atoms with E-state index in [0.717, 1.165) is 32.5 Å². The van der Waals surface area contributed by atoms with Crippen molar-refractivity contribution in [3.8, 4) is 0 Å². The monoisotopic (exact) mass is 236 g/mol. The maximum atomic E-state index is 10.9. The second kappa shape index (κ2) is 8.07. The number of sulfone groups is 1. The van der Waals surface area contributed by atoms with E-state index in [1.54, 1.807) is 0 Å². The van der Waals surface area contributed by atoms with Crippen LogP contribution in [0.25, 0.3) is 0 Å². The predicted molar refractivity (Wildman–Crippen MR) is 65.0 cm³/mol. The van der Waals surface area contributed by atoms with E-state index in [1.165, 1.54) is 6.26 Å². The number of nitrogens with zero attached hydrogens (tertiary/aromatic N) is 1. The topological polar surface area (TPSA) is 49.4 Å². The van der Waals surface area contributed by atoms with Gasteiger partial charge < -0.3 is 10.2 Å². The van der Waals surface area contributed by atoms with E-state index in [-0.39, 0.29) is 5.75 Å². The zero-order chi connectivity index (χ0) is 11.7. The van der Waals surface area contributed by atoms with Crippen molar-refractivity contribution in [2.75, 3.05) is 45.2 Å². The highest BCUT2D eigenvalue weighted by Gasteiger charge is 2.04. The first-order chi connectivity index (χ1) is 6.95. The van der Waals surface area contributed by atoms with Gasteiger partial charge in [-0.2, -0.15) is 0 Å². The highest BCUT2D eigenvalue weighted by Crippen LogP contribution is 1.90. The molecule has 0 aromatic carbocycles. The average Bonchev–Trinajstić information content (AvgIpc) is 2.13. The second-order valence-corrected chi connectivity index (χ2v) is 6.30. The first-order valence-corrected chi connectivity index (χ1v) is 7.58. The Morgan fingerprint density at radius 2 is 1.87 bits per heavy atom. The summed E-state index contributed by atoms with van der Waals surface area (Å²) in [5, 5.41) is 3.32. The molecule has 0 spiro atoms. The minimum Gasteiger partial charge on any atom is -0.317 e. The van der Waals surface area contributed by atoms with Crippen LogP contribution in [0, 0.1) is 0 Å². The van der Waals surface area contributed by atoms with Crippen molar-refractivity contribution in [3.05, 3.63) is 0 Å². The quantitative estimate of drug-likeness (QED) is 0.587. The zero-order valence-electron chi connectivity index (χ0n) is 10.1. The molecule has 0 saturated heterocycles. The van der Waals surface area contributed by atoms with Gasteiger partial charge in [0, 0.05) is 12.8 Å². The molecule has 15 heavy (non-hydrogen) atoms. The summed E-state index contributed by atoms with van der Waals surface area (Å²) in [7, 11) is -0.852. The highest BCUT2D eigenvalue weighted by atomic mass is 32.2. The fourth-order valence-corrected chi connectivity index (χ4v) is 1.85. The number of hydrogen-bond acceptors (Lipinski definition) is 4. The van der Waals surface area contributed by atoms with Crippen LogP contribution in [-0.4, -0.2) is 58.6 Å². The summed E-state index contributed by atoms with van der Waals surface area (Å²) >= 11 is 0. The molecule has 0 heterocycles. The summed E-state index contributed by atoms with van der Waals surface area (Å²) < 4.78 is 21.8. The lowest BCUT2D eigenvalue weighted by molar-refractivity contribution is 0.345. The molecular weight excluding hydrogens is 212 g/mol. The first-order valence-electron chi connectivity index (χ1n) is 5.52. The molecule has 0 unspecified atom stereocenters. The lowest BCUT2D eigenvalue weighted by Gasteiger charge is -2.15. The third-order valence-corrected chi connectivity index (χ3v) is 3.09. The molecule has 0 aliphatic carbocycles. The van der Waals surface area contributed by atoms with Crippen molar-refractivity contribution in [1.29, 1.82) is 0 Å². The molecule has 0 fully saturated rings. The molecule has 0 aromatic rings. The Kier molecular flexibility index (Phi) is 8.00. The molecule has 0 radical (unpaired) electrons. The van der Waals surface area contributed by atoms with Crippen LogP contribution < -0.4 is 5.32 Å². The fourth-order valence-electron chi connectivity index (χ4n) is 1.21. The van der Waals surface area contributed by atoms with E-state index in [2.05, 4.69) is 17.1 Å². The van der Waals surface area contributed by atoms with Crippen LogP contribution in [0.5, 0.6) is 0 Å². The largest absolute Gasteiger partial charge is 0.317 e. The highest BCUT2D eigenvalue weighted by molar-refractivity contribution is 7.90. The zero-order valence-corrected chi connectivity index (χ0v) is 10.9. The van der Waals surface area contributed by atoms with Gasteiger partial charge in [0.15, 0.2) is 0 Å². The van der Waals surface area contributed by atoms with Crippen molar-refractivity contribution < 1.29 is 8.42 Å². The van der Waals surface area contributed by atoms with E-state index in [0.29, 0.717) is 6.54 Å². The van der Waals surface area contributed by atoms with Gasteiger partial charge in [-0.05, 0) is 39.5 Å². The molecule has 0 rings (SSSR count). The normalized spacial score (nSPS) is 12.3. The molecule has 0 amide bonds. The third-order valence-electron chi connectivity index (χ3n) is 2.16. The number of hydrogen-bond donors (Lipinski definition) is 1. The van der Waals surface area contributed by atoms with Crippen molar-refractivity contribution in [2.24, 2.45) is 0 Å². The van der Waals surface area contributed by atoms with Gasteiger partial charge in [-0.3, -0.25) is 0 Å². The molecule has 92 valence electrons. The van der Waals surface area contributed by atoms with Crippen molar-refractivity contribution in [3.63, 3.8) is 0 Å². The molecule has 4 nitrogen and oxygen atoms in total. The lowest BCUT2D eigenvalue weighted by Crippen LogP contribution is -2.28. The second-order valence-electron chi connectivity index (χ2n) is 4.04. The van der Waals surface area contributed by atoms with Gasteiger partial charge in [0.05, 0.1) is 5.75 Å². The average molecular weight is 236 g/mol. The van der Waals surface area contributed by atoms with E-state index in [1.807, 2.05) is 7.05 Å². The molecule has 0 aliphatic rings. The van der Waals surface area contributed by atoms with Crippen LogP contribution in [0.4, 0.5) is 0 Å². The maximum Gasteiger partial charge on any atom is 0.148 e. The number of rotatable bonds is 9. The van der Waals surface area contributed by atoms with Gasteiger partial charge in [0.1, 0.15) is 9.84 Å². The Labute approximate surface area is 94.0 Å².